The van der Waals surface area contributed by atoms with Gasteiger partial charge in [-0.2, -0.15) is 0 Å². The van der Waals surface area contributed by atoms with Gasteiger partial charge in [-0.15, -0.1) is 0 Å². The molecule has 0 unspecified atom stereocenters. The summed E-state index contributed by atoms with van der Waals surface area (Å²) >= 11 is 0. The molecule has 0 bridgehead atoms. The predicted octanol–water partition coefficient (Wildman–Crippen LogP) is 2.99. The molecule has 2 rings (SSSR count). The topological polar surface area (TPSA) is 37.4 Å². The molecule has 20 heavy (non-hydrogen) atoms. The van der Waals surface area contributed by atoms with Gasteiger partial charge in [0.05, 0.1) is 0 Å². The fraction of sp³-hybridized carbons (Fsp3) is 0.176. The lowest BCUT2D eigenvalue weighted by atomic mass is 9.99. The van der Waals surface area contributed by atoms with Crippen molar-refractivity contribution in [2.75, 3.05) is 19.0 Å². The van der Waals surface area contributed by atoms with Crippen molar-refractivity contribution in [1.29, 1.82) is 0 Å². The average molecular weight is 267 g/mol. The monoisotopic (exact) mass is 267 g/mol. The van der Waals surface area contributed by atoms with Gasteiger partial charge in [-0.1, -0.05) is 36.4 Å². The Balaban J connectivity index is 2.24. The van der Waals surface area contributed by atoms with Crippen LogP contribution in [0.5, 0.6) is 0 Å². The molecule has 0 saturated heterocycles. The quantitative estimate of drug-likeness (QED) is 0.617. The van der Waals surface area contributed by atoms with E-state index in [-0.39, 0.29) is 12.2 Å². The molecule has 102 valence electrons. The van der Waals surface area contributed by atoms with Gasteiger partial charge in [-0.05, 0) is 17.7 Å². The largest absolute Gasteiger partial charge is 0.378 e. The van der Waals surface area contributed by atoms with Crippen molar-refractivity contribution in [2.24, 2.45) is 0 Å². The van der Waals surface area contributed by atoms with Gasteiger partial charge in [0.1, 0.15) is 6.29 Å². The van der Waals surface area contributed by atoms with Crippen LogP contribution in [0, 0.1) is 0 Å². The Morgan fingerprint density at radius 1 is 1.10 bits per heavy atom. The highest BCUT2D eigenvalue weighted by Crippen LogP contribution is 2.16. The molecule has 3 heteroatoms. The van der Waals surface area contributed by atoms with Crippen molar-refractivity contribution in [1.82, 2.24) is 0 Å². The van der Waals surface area contributed by atoms with Crippen molar-refractivity contribution in [3.05, 3.63) is 65.2 Å². The van der Waals surface area contributed by atoms with Crippen molar-refractivity contribution in [2.45, 2.75) is 6.42 Å². The Bertz CT molecular complexity index is 632. The summed E-state index contributed by atoms with van der Waals surface area (Å²) in [4.78, 5) is 25.2. The average Bonchev–Trinajstić information content (AvgIpc) is 2.48. The number of hydrogen-bond acceptors (Lipinski definition) is 3. The number of rotatable bonds is 5. The second-order valence-electron chi connectivity index (χ2n) is 4.86. The molecule has 0 fully saturated rings. The zero-order valence-corrected chi connectivity index (χ0v) is 11.7. The predicted molar refractivity (Wildman–Crippen MR) is 80.6 cm³/mol. The van der Waals surface area contributed by atoms with Gasteiger partial charge >= 0.3 is 0 Å². The second kappa shape index (κ2) is 6.15. The minimum Gasteiger partial charge on any atom is -0.378 e. The highest BCUT2D eigenvalue weighted by Gasteiger charge is 2.10. The molecule has 2 aromatic carbocycles. The molecule has 0 atom stereocenters. The number of aldehydes is 1. The fourth-order valence-electron chi connectivity index (χ4n) is 2.04. The Kier molecular flexibility index (Phi) is 4.31. The van der Waals surface area contributed by atoms with Crippen molar-refractivity contribution < 1.29 is 9.59 Å². The van der Waals surface area contributed by atoms with Crippen LogP contribution in [-0.2, 0) is 6.42 Å². The van der Waals surface area contributed by atoms with Crippen LogP contribution in [-0.4, -0.2) is 26.2 Å². The normalized spacial score (nSPS) is 10.1. The molecule has 0 aliphatic rings. The van der Waals surface area contributed by atoms with Gasteiger partial charge in [0.2, 0.25) is 0 Å². The number of Topliss-reactive ketones (excluding diaryl/α,β-unsaturated/α-hetero) is 1. The zero-order chi connectivity index (χ0) is 14.5. The van der Waals surface area contributed by atoms with Crippen LogP contribution >= 0.6 is 0 Å². The van der Waals surface area contributed by atoms with Crippen LogP contribution in [0.2, 0.25) is 0 Å². The van der Waals surface area contributed by atoms with E-state index < -0.39 is 0 Å². The van der Waals surface area contributed by atoms with Gasteiger partial charge in [0.25, 0.3) is 0 Å². The van der Waals surface area contributed by atoms with Crippen molar-refractivity contribution in [3.8, 4) is 0 Å². The number of carbonyl (C=O) groups excluding carboxylic acids is 2. The van der Waals surface area contributed by atoms with E-state index >= 15 is 0 Å². The van der Waals surface area contributed by atoms with E-state index in [4.69, 9.17) is 0 Å². The lowest BCUT2D eigenvalue weighted by molar-refractivity contribution is 0.0993. The van der Waals surface area contributed by atoms with E-state index in [1.54, 1.807) is 18.2 Å². The summed E-state index contributed by atoms with van der Waals surface area (Å²) in [6, 6.07) is 14.7. The molecule has 0 amide bonds. The van der Waals surface area contributed by atoms with Crippen molar-refractivity contribution in [3.63, 3.8) is 0 Å². The molecule has 0 aromatic heterocycles. The van der Waals surface area contributed by atoms with Crippen molar-refractivity contribution >= 4 is 17.8 Å². The first-order valence-corrected chi connectivity index (χ1v) is 6.45. The number of nitrogens with zero attached hydrogens (tertiary/aromatic N) is 1. The molecule has 0 spiro atoms. The lowest BCUT2D eigenvalue weighted by Gasteiger charge is -2.13. The highest BCUT2D eigenvalue weighted by atomic mass is 16.1. The van der Waals surface area contributed by atoms with Gasteiger partial charge in [-0.3, -0.25) is 9.59 Å². The van der Waals surface area contributed by atoms with E-state index in [1.807, 2.05) is 49.3 Å². The minimum absolute atomic E-state index is 0.0167. The fourth-order valence-corrected chi connectivity index (χ4v) is 2.04. The summed E-state index contributed by atoms with van der Waals surface area (Å²) in [6.45, 7) is 0. The summed E-state index contributed by atoms with van der Waals surface area (Å²) < 4.78 is 0. The standard InChI is InChI=1S/C17H17NO2/c1-18(2)16-9-5-8-14(10-16)17(20)11-13-6-3-4-7-15(13)12-19/h3-10,12H,11H2,1-2H3. The Morgan fingerprint density at radius 2 is 1.85 bits per heavy atom. The molecule has 0 saturated carbocycles. The number of hydrogen-bond donors (Lipinski definition) is 0. The van der Waals surface area contributed by atoms with Gasteiger partial charge in [-0.25, -0.2) is 0 Å². The summed E-state index contributed by atoms with van der Waals surface area (Å²) in [5.74, 6) is 0.0167. The van der Waals surface area contributed by atoms with Crippen LogP contribution in [0.15, 0.2) is 48.5 Å². The van der Waals surface area contributed by atoms with Gasteiger partial charge in [0.15, 0.2) is 5.78 Å². The third-order valence-corrected chi connectivity index (χ3v) is 3.22. The molecule has 3 nitrogen and oxygen atoms in total. The first kappa shape index (κ1) is 14.0. The zero-order valence-electron chi connectivity index (χ0n) is 11.7. The third-order valence-electron chi connectivity index (χ3n) is 3.22. The smallest absolute Gasteiger partial charge is 0.167 e. The van der Waals surface area contributed by atoms with E-state index in [9.17, 15) is 9.59 Å². The Labute approximate surface area is 118 Å². The summed E-state index contributed by atoms with van der Waals surface area (Å²) in [7, 11) is 3.87. The third kappa shape index (κ3) is 3.12. The number of anilines is 1. The van der Waals surface area contributed by atoms with Crippen LogP contribution in [0.3, 0.4) is 0 Å². The number of benzene rings is 2. The number of ketones is 1. The molecule has 0 N–H and O–H groups in total. The molecule has 2 aromatic rings. The van der Waals surface area contributed by atoms with E-state index in [2.05, 4.69) is 0 Å². The maximum atomic E-state index is 12.3. The molecular weight excluding hydrogens is 250 g/mol. The molecular formula is C17H17NO2. The first-order chi connectivity index (χ1) is 9.61. The minimum atomic E-state index is 0.0167. The summed E-state index contributed by atoms with van der Waals surface area (Å²) in [5.41, 5.74) is 2.99. The first-order valence-electron chi connectivity index (χ1n) is 6.45. The van der Waals surface area contributed by atoms with Gasteiger partial charge in [0, 0.05) is 37.3 Å². The summed E-state index contributed by atoms with van der Waals surface area (Å²) in [5, 5.41) is 0. The van der Waals surface area contributed by atoms with E-state index in [1.165, 1.54) is 0 Å². The lowest BCUT2D eigenvalue weighted by Crippen LogP contribution is -2.11. The summed E-state index contributed by atoms with van der Waals surface area (Å²) in [6.07, 6.45) is 1.03. The van der Waals surface area contributed by atoms with Gasteiger partial charge < -0.3 is 4.90 Å². The molecule has 0 aliphatic carbocycles. The molecule has 0 heterocycles. The maximum Gasteiger partial charge on any atom is 0.167 e. The van der Waals surface area contributed by atoms with Crippen LogP contribution in [0.1, 0.15) is 26.3 Å². The Hall–Kier alpha value is -2.42. The Morgan fingerprint density at radius 3 is 2.55 bits per heavy atom. The second-order valence-corrected chi connectivity index (χ2v) is 4.86. The van der Waals surface area contributed by atoms with Crippen LogP contribution in [0.25, 0.3) is 0 Å². The van der Waals surface area contributed by atoms with Crippen LogP contribution in [0.4, 0.5) is 5.69 Å². The molecule has 0 radical (unpaired) electrons. The van der Waals surface area contributed by atoms with E-state index in [0.717, 1.165) is 17.5 Å². The van der Waals surface area contributed by atoms with E-state index in [0.29, 0.717) is 11.1 Å². The van der Waals surface area contributed by atoms with Crippen LogP contribution < -0.4 is 4.90 Å². The maximum absolute atomic E-state index is 12.3. The molecule has 0 aliphatic heterocycles. The SMILES string of the molecule is CN(C)c1cccc(C(=O)Cc2ccccc2C=O)c1. The number of carbonyl (C=O) groups is 2. The highest BCUT2D eigenvalue weighted by molar-refractivity contribution is 5.99.